The van der Waals surface area contributed by atoms with Crippen molar-refractivity contribution >= 4 is 0 Å². The molecule has 0 aliphatic heterocycles. The fraction of sp³-hybridized carbons (Fsp3) is 1.00. The lowest BCUT2D eigenvalue weighted by atomic mass is 9.40. The Kier molecular flexibility index (Phi) is 55.9. The van der Waals surface area contributed by atoms with Gasteiger partial charge in [-0.05, 0) is 79.4 Å². The Morgan fingerprint density at radius 1 is 0.187 bits per heavy atom. The average molecular weight is 1050 g/mol. The maximum Gasteiger partial charge on any atom is -0.0182 e. The Balaban J connectivity index is 8.73. The zero-order chi connectivity index (χ0) is 55.1. The molecule has 0 aliphatic carbocycles. The molecule has 0 fully saturated rings. The van der Waals surface area contributed by atoms with Crippen LogP contribution in [-0.4, -0.2) is 0 Å². The summed E-state index contributed by atoms with van der Waals surface area (Å²) in [6.07, 6.45) is 88.5. The molecule has 75 heavy (non-hydrogen) atoms. The summed E-state index contributed by atoms with van der Waals surface area (Å²) in [6.45, 7) is 24.8. The Morgan fingerprint density at radius 2 is 0.440 bits per heavy atom. The molecule has 5 unspecified atom stereocenters. The third-order valence-corrected chi connectivity index (χ3v) is 20.3. The van der Waals surface area contributed by atoms with Crippen LogP contribution in [0.4, 0.5) is 0 Å². The van der Waals surface area contributed by atoms with E-state index in [9.17, 15) is 0 Å². The van der Waals surface area contributed by atoms with Gasteiger partial charge in [-0.3, -0.25) is 0 Å². The van der Waals surface area contributed by atoms with Gasteiger partial charge in [0, 0.05) is 0 Å². The molecule has 0 aromatic heterocycles. The third kappa shape index (κ3) is 36.9. The van der Waals surface area contributed by atoms with Crippen molar-refractivity contribution in [3.8, 4) is 0 Å². The summed E-state index contributed by atoms with van der Waals surface area (Å²) < 4.78 is 0. The van der Waals surface area contributed by atoms with Crippen molar-refractivity contribution in [1.82, 2.24) is 0 Å². The number of hydrogen-bond donors (Lipinski definition) is 0. The Bertz CT molecular complexity index is 1070. The van der Waals surface area contributed by atoms with Crippen molar-refractivity contribution in [2.24, 2.45) is 28.1 Å². The molecule has 0 aliphatic rings. The van der Waals surface area contributed by atoms with Crippen LogP contribution in [0.2, 0.25) is 0 Å². The molecular weight excluding hydrogens is 901 g/mol. The van der Waals surface area contributed by atoms with Gasteiger partial charge in [0.25, 0.3) is 0 Å². The Labute approximate surface area is 480 Å². The molecule has 0 bridgehead atoms. The minimum atomic E-state index is 0.437. The summed E-state index contributed by atoms with van der Waals surface area (Å²) in [5.74, 6) is 1.80. The summed E-state index contributed by atoms with van der Waals surface area (Å²) >= 11 is 0. The zero-order valence-corrected chi connectivity index (χ0v) is 55.1. The third-order valence-electron chi connectivity index (χ3n) is 20.3. The molecule has 0 nitrogen and oxygen atoms in total. The second-order valence-electron chi connectivity index (χ2n) is 26.8. The molecule has 5 atom stereocenters. The first-order valence-electron chi connectivity index (χ1n) is 36.8. The van der Waals surface area contributed by atoms with Crippen LogP contribution in [0.5, 0.6) is 0 Å². The van der Waals surface area contributed by atoms with Crippen molar-refractivity contribution in [2.75, 3.05) is 0 Å². The van der Waals surface area contributed by atoms with E-state index in [1.165, 1.54) is 334 Å². The van der Waals surface area contributed by atoms with Crippen LogP contribution in [-0.2, 0) is 0 Å². The lowest BCUT2D eigenvalue weighted by Crippen LogP contribution is -2.56. The second-order valence-corrected chi connectivity index (χ2v) is 26.8. The van der Waals surface area contributed by atoms with Crippen molar-refractivity contribution in [3.63, 3.8) is 0 Å². The van der Waals surface area contributed by atoms with Gasteiger partial charge in [-0.1, -0.05) is 403 Å². The molecule has 0 saturated heterocycles. The van der Waals surface area contributed by atoms with Gasteiger partial charge in [0.15, 0.2) is 0 Å². The van der Waals surface area contributed by atoms with E-state index < -0.39 is 0 Å². The number of unbranched alkanes of at least 4 members (excludes halogenated alkanes) is 39. The highest BCUT2D eigenvalue weighted by Crippen LogP contribution is 2.70. The van der Waals surface area contributed by atoms with Crippen molar-refractivity contribution in [2.45, 2.75) is 454 Å². The molecule has 0 rings (SSSR count). The molecular formula is C75H152. The minimum absolute atomic E-state index is 0.437. The predicted molar refractivity (Wildman–Crippen MR) is 348 cm³/mol. The summed E-state index contributed by atoms with van der Waals surface area (Å²) in [6, 6.07) is 0. The van der Waals surface area contributed by atoms with Crippen LogP contribution in [0, 0.1) is 28.1 Å². The first-order chi connectivity index (χ1) is 36.8. The molecule has 0 N–H and O–H groups in total. The normalized spacial score (nSPS) is 15.3. The van der Waals surface area contributed by atoms with Gasteiger partial charge in [-0.2, -0.15) is 0 Å². The highest BCUT2D eigenvalue weighted by Gasteiger charge is 2.60. The lowest BCUT2D eigenvalue weighted by molar-refractivity contribution is -0.153. The smallest absolute Gasteiger partial charge is 0.0182 e. The standard InChI is InChI=1S/C75H152/c1-11-21-29-35-40-42-46-51-58-67-74(66-57-50-45-41-36-30-22-12-2,69-72(60-19-9)62-53-27-17-7)75(70-71(20-10)61-28-18-8,68-59-52-44-38-32-24-14-4)73(63-54-47-34-26-16-6,64-55-48-39-33-25-15-5)65-56-49-43-37-31-23-13-3/h71-72H,11-70H2,1-10H3. The first kappa shape index (κ1) is 75.0. The van der Waals surface area contributed by atoms with Crippen molar-refractivity contribution in [3.05, 3.63) is 0 Å². The summed E-state index contributed by atoms with van der Waals surface area (Å²) in [5.41, 5.74) is 1.36. The van der Waals surface area contributed by atoms with E-state index in [0.717, 1.165) is 11.8 Å². The summed E-state index contributed by atoms with van der Waals surface area (Å²) in [7, 11) is 0. The molecule has 0 aromatic rings. The van der Waals surface area contributed by atoms with Crippen molar-refractivity contribution in [1.29, 1.82) is 0 Å². The molecule has 0 spiro atoms. The molecule has 0 saturated carbocycles. The van der Waals surface area contributed by atoms with Gasteiger partial charge in [0.2, 0.25) is 0 Å². The topological polar surface area (TPSA) is 0 Å². The SMILES string of the molecule is CCCCCCCCCCCC(CCCCCCCCCC)(CC(CCC)CCCCC)C(CCCCCCCCC)(CC(CC)CCCC)C(CCCCCCC)(CCCCCCCC)CCCCCCCCC. The maximum absolute atomic E-state index is 2.68. The van der Waals surface area contributed by atoms with E-state index in [1.807, 2.05) is 0 Å². The van der Waals surface area contributed by atoms with Gasteiger partial charge in [0.1, 0.15) is 0 Å². The molecule has 0 radical (unpaired) electrons. The zero-order valence-electron chi connectivity index (χ0n) is 55.1. The van der Waals surface area contributed by atoms with E-state index >= 15 is 0 Å². The minimum Gasteiger partial charge on any atom is -0.0654 e. The maximum atomic E-state index is 2.68. The second kappa shape index (κ2) is 55.9. The quantitative estimate of drug-likeness (QED) is 0.0533. The van der Waals surface area contributed by atoms with E-state index in [0.29, 0.717) is 16.2 Å². The largest absolute Gasteiger partial charge is 0.0654 e. The van der Waals surface area contributed by atoms with Gasteiger partial charge < -0.3 is 0 Å². The first-order valence-corrected chi connectivity index (χ1v) is 36.8. The van der Waals surface area contributed by atoms with E-state index in [2.05, 4.69) is 69.2 Å². The monoisotopic (exact) mass is 1050 g/mol. The van der Waals surface area contributed by atoms with Crippen LogP contribution in [0.15, 0.2) is 0 Å². The Hall–Kier alpha value is 0. The fourth-order valence-electron chi connectivity index (χ4n) is 15.6. The van der Waals surface area contributed by atoms with Crippen LogP contribution in [0.3, 0.4) is 0 Å². The van der Waals surface area contributed by atoms with Gasteiger partial charge in [0.05, 0.1) is 0 Å². The molecule has 0 aromatic carbocycles. The highest BCUT2D eigenvalue weighted by atomic mass is 14.6. The van der Waals surface area contributed by atoms with E-state index in [-0.39, 0.29) is 0 Å². The van der Waals surface area contributed by atoms with Gasteiger partial charge in [-0.25, -0.2) is 0 Å². The molecule has 0 heterocycles. The van der Waals surface area contributed by atoms with Crippen molar-refractivity contribution < 1.29 is 0 Å². The summed E-state index contributed by atoms with van der Waals surface area (Å²) in [5, 5.41) is 0. The van der Waals surface area contributed by atoms with E-state index in [1.54, 1.807) is 51.4 Å². The molecule has 0 amide bonds. The summed E-state index contributed by atoms with van der Waals surface area (Å²) in [4.78, 5) is 0. The average Bonchev–Trinajstić information content (AvgIpc) is 3.41. The predicted octanol–water partition coefficient (Wildman–Crippen LogP) is 28.8. The Morgan fingerprint density at radius 3 is 0.733 bits per heavy atom. The fourth-order valence-corrected chi connectivity index (χ4v) is 15.6. The van der Waals surface area contributed by atoms with Crippen LogP contribution in [0.1, 0.15) is 454 Å². The molecule has 452 valence electrons. The van der Waals surface area contributed by atoms with Crippen LogP contribution >= 0.6 is 0 Å². The lowest BCUT2D eigenvalue weighted by Gasteiger charge is -2.65. The van der Waals surface area contributed by atoms with Crippen LogP contribution < -0.4 is 0 Å². The van der Waals surface area contributed by atoms with Crippen LogP contribution in [0.25, 0.3) is 0 Å². The highest BCUT2D eigenvalue weighted by molar-refractivity contribution is 5.10. The molecule has 0 heteroatoms. The number of rotatable bonds is 64. The van der Waals surface area contributed by atoms with E-state index in [4.69, 9.17) is 0 Å². The number of hydrogen-bond acceptors (Lipinski definition) is 0. The van der Waals surface area contributed by atoms with Gasteiger partial charge >= 0.3 is 0 Å². The van der Waals surface area contributed by atoms with Gasteiger partial charge in [-0.15, -0.1) is 0 Å².